The maximum absolute atomic E-state index is 2.42. The van der Waals surface area contributed by atoms with E-state index in [1.165, 1.54) is 24.5 Å². The molecule has 0 spiro atoms. The van der Waals surface area contributed by atoms with Crippen LogP contribution in [0.4, 0.5) is 0 Å². The quantitative estimate of drug-likeness (QED) is 0.577. The van der Waals surface area contributed by atoms with E-state index in [9.17, 15) is 0 Å². The summed E-state index contributed by atoms with van der Waals surface area (Å²) in [7, 11) is 0.0783. The maximum Gasteiger partial charge on any atom is 0.00445 e. The topological polar surface area (TPSA) is 0 Å². The Labute approximate surface area is 78.4 Å². The molecule has 0 aromatic rings. The lowest BCUT2D eigenvalue weighted by Crippen LogP contribution is -2.18. The summed E-state index contributed by atoms with van der Waals surface area (Å²) in [6.45, 7) is 7.18. The van der Waals surface area contributed by atoms with E-state index in [-0.39, 0.29) is 10.0 Å². The van der Waals surface area contributed by atoms with Crippen molar-refractivity contribution in [3.05, 3.63) is 0 Å². The summed E-state index contributed by atoms with van der Waals surface area (Å²) in [6, 6.07) is 0. The van der Waals surface area contributed by atoms with Crippen molar-refractivity contribution in [2.45, 2.75) is 50.5 Å². The van der Waals surface area contributed by atoms with Crippen LogP contribution >= 0.6 is 10.0 Å². The Kier molecular flexibility index (Phi) is 2.18. The summed E-state index contributed by atoms with van der Waals surface area (Å²) in [5.74, 6) is 4.40. The van der Waals surface area contributed by atoms with Crippen LogP contribution in [0.15, 0.2) is 0 Å². The molecule has 0 saturated carbocycles. The molecule has 2 heterocycles. The predicted molar refractivity (Wildman–Crippen MR) is 59.3 cm³/mol. The van der Waals surface area contributed by atoms with Crippen LogP contribution < -0.4 is 0 Å². The second-order valence-electron chi connectivity index (χ2n) is 4.49. The van der Waals surface area contributed by atoms with Gasteiger partial charge in [0.25, 0.3) is 0 Å². The number of fused-ring (bicyclic) bond motifs is 1. The molecule has 2 aliphatic rings. The minimum Gasteiger partial charge on any atom is -0.231 e. The van der Waals surface area contributed by atoms with Crippen LogP contribution in [0.1, 0.15) is 40.0 Å². The van der Waals surface area contributed by atoms with E-state index >= 15 is 0 Å². The highest BCUT2D eigenvalue weighted by Crippen LogP contribution is 2.88. The largest absolute Gasteiger partial charge is 0.231 e. The molecule has 1 unspecified atom stereocenters. The lowest BCUT2D eigenvalue weighted by Gasteiger charge is -2.29. The van der Waals surface area contributed by atoms with Crippen molar-refractivity contribution in [2.24, 2.45) is 5.92 Å². The molecule has 0 aromatic heterocycles. The Morgan fingerprint density at radius 3 is 1.83 bits per heavy atom. The van der Waals surface area contributed by atoms with Gasteiger partial charge in [0.05, 0.1) is 0 Å². The minimum absolute atomic E-state index is 0.0783. The lowest BCUT2D eigenvalue weighted by molar-refractivity contribution is 0.463. The molecule has 1 atom stereocenters. The molecule has 2 aliphatic heterocycles. The van der Waals surface area contributed by atoms with Crippen LogP contribution in [0, 0.1) is 5.92 Å². The van der Waals surface area contributed by atoms with Crippen LogP contribution in [0.2, 0.25) is 0 Å². The van der Waals surface area contributed by atoms with Gasteiger partial charge < -0.3 is 0 Å². The van der Waals surface area contributed by atoms with Crippen LogP contribution in [0.5, 0.6) is 0 Å². The zero-order valence-electron chi connectivity index (χ0n) is 8.68. The highest BCUT2D eigenvalue weighted by atomic mass is 32.3. The normalized spacial score (nSPS) is 44.8. The van der Waals surface area contributed by atoms with Crippen molar-refractivity contribution < 1.29 is 0 Å². The summed E-state index contributed by atoms with van der Waals surface area (Å²) in [4.78, 5) is 0. The number of hydrogen-bond donors (Lipinski definition) is 0. The van der Waals surface area contributed by atoms with Crippen molar-refractivity contribution >= 4 is 10.0 Å². The van der Waals surface area contributed by atoms with Crippen molar-refractivity contribution in [2.75, 3.05) is 11.5 Å². The fourth-order valence-electron chi connectivity index (χ4n) is 2.92. The van der Waals surface area contributed by atoms with Crippen LogP contribution in [0.25, 0.3) is 0 Å². The molecule has 0 nitrogen and oxygen atoms in total. The van der Waals surface area contributed by atoms with Gasteiger partial charge in [-0.1, -0.05) is 33.6 Å². The first-order chi connectivity index (χ1) is 5.78. The fraction of sp³-hybridized carbons (Fsp3) is 1.00. The molecular formula is C11H22S. The molecule has 0 radical (unpaired) electrons. The number of hydrogen-bond acceptors (Lipinski definition) is 0. The van der Waals surface area contributed by atoms with E-state index in [0.717, 1.165) is 11.2 Å². The Bertz CT molecular complexity index is 166. The molecule has 12 heavy (non-hydrogen) atoms. The Morgan fingerprint density at radius 2 is 1.58 bits per heavy atom. The van der Waals surface area contributed by atoms with Gasteiger partial charge in [-0.2, -0.15) is 0 Å². The molecule has 2 rings (SSSR count). The van der Waals surface area contributed by atoms with Crippen molar-refractivity contribution in [3.8, 4) is 0 Å². The van der Waals surface area contributed by atoms with E-state index in [1.54, 1.807) is 11.5 Å². The average molecular weight is 186 g/mol. The lowest BCUT2D eigenvalue weighted by atomic mass is 9.97. The van der Waals surface area contributed by atoms with Gasteiger partial charge in [-0.25, -0.2) is 10.0 Å². The third-order valence-corrected chi connectivity index (χ3v) is 8.78. The standard InChI is InChI=1S/C11H22S/c1-4-9(5-2)11(6-3)12-7-10(12)8-12/h9-11H,4-8H2,1-3H3. The van der Waals surface area contributed by atoms with Gasteiger partial charge in [-0.05, 0) is 29.1 Å². The van der Waals surface area contributed by atoms with Gasteiger partial charge in [0.2, 0.25) is 0 Å². The van der Waals surface area contributed by atoms with Crippen molar-refractivity contribution in [1.82, 2.24) is 0 Å². The molecule has 0 bridgehead atoms. The Morgan fingerprint density at radius 1 is 1.08 bits per heavy atom. The summed E-state index contributed by atoms with van der Waals surface area (Å²) in [5, 5.41) is 2.43. The smallest absolute Gasteiger partial charge is 0.00445 e. The highest BCUT2D eigenvalue weighted by molar-refractivity contribution is 8.47. The predicted octanol–water partition coefficient (Wildman–Crippen LogP) is 3.40. The molecule has 0 aliphatic carbocycles. The third kappa shape index (κ3) is 1.13. The summed E-state index contributed by atoms with van der Waals surface area (Å²) in [5.41, 5.74) is 0. The van der Waals surface area contributed by atoms with E-state index < -0.39 is 0 Å². The van der Waals surface area contributed by atoms with E-state index in [1.807, 2.05) is 0 Å². The molecule has 0 amide bonds. The van der Waals surface area contributed by atoms with Crippen LogP contribution in [-0.2, 0) is 0 Å². The van der Waals surface area contributed by atoms with Gasteiger partial charge in [0, 0.05) is 5.25 Å². The van der Waals surface area contributed by atoms with Gasteiger partial charge in [-0.15, -0.1) is 0 Å². The molecule has 0 N–H and O–H groups in total. The second kappa shape index (κ2) is 2.94. The summed E-state index contributed by atoms with van der Waals surface area (Å²) >= 11 is 0. The fourth-order valence-corrected chi connectivity index (χ4v) is 7.90. The SMILES string of the molecule is CCC(CC)C(CC)S12CC1C2. The first-order valence-electron chi connectivity index (χ1n) is 5.54. The molecule has 1 heteroatoms. The van der Waals surface area contributed by atoms with Gasteiger partial charge >= 0.3 is 0 Å². The van der Waals surface area contributed by atoms with Gasteiger partial charge in [0.15, 0.2) is 0 Å². The Balaban J connectivity index is 1.97. The first-order valence-corrected chi connectivity index (χ1v) is 7.64. The van der Waals surface area contributed by atoms with E-state index in [2.05, 4.69) is 20.8 Å². The Hall–Kier alpha value is 0.350. The van der Waals surface area contributed by atoms with Crippen LogP contribution in [-0.4, -0.2) is 22.0 Å². The van der Waals surface area contributed by atoms with Crippen LogP contribution in [0.3, 0.4) is 0 Å². The molecular weight excluding hydrogens is 164 g/mol. The van der Waals surface area contributed by atoms with Crippen molar-refractivity contribution in [1.29, 1.82) is 0 Å². The monoisotopic (exact) mass is 186 g/mol. The summed E-state index contributed by atoms with van der Waals surface area (Å²) in [6.07, 6.45) is 4.32. The number of rotatable bonds is 5. The van der Waals surface area contributed by atoms with Crippen molar-refractivity contribution in [3.63, 3.8) is 0 Å². The minimum atomic E-state index is 0.0783. The maximum atomic E-state index is 2.42. The zero-order chi connectivity index (χ0) is 8.77. The highest BCUT2D eigenvalue weighted by Gasteiger charge is 2.68. The van der Waals surface area contributed by atoms with E-state index in [0.29, 0.717) is 0 Å². The second-order valence-corrected chi connectivity index (χ2v) is 8.44. The third-order valence-electron chi connectivity index (χ3n) is 4.01. The van der Waals surface area contributed by atoms with Gasteiger partial charge in [-0.3, -0.25) is 0 Å². The summed E-state index contributed by atoms with van der Waals surface area (Å²) < 4.78 is 0. The van der Waals surface area contributed by atoms with Gasteiger partial charge in [0.1, 0.15) is 0 Å². The van der Waals surface area contributed by atoms with E-state index in [4.69, 9.17) is 0 Å². The molecule has 0 aromatic carbocycles. The molecule has 72 valence electrons. The zero-order valence-corrected chi connectivity index (χ0v) is 9.49. The average Bonchev–Trinajstić information content (AvgIpc) is 2.87. The first kappa shape index (κ1) is 8.93. The molecule has 2 saturated heterocycles. The molecule has 2 fully saturated rings.